The Labute approximate surface area is 198 Å². The number of nitrogens with one attached hydrogen (secondary N) is 2. The average molecular weight is 489 g/mol. The summed E-state index contributed by atoms with van der Waals surface area (Å²) in [5.41, 5.74) is 8.31. The fourth-order valence-corrected chi connectivity index (χ4v) is 6.20. The van der Waals surface area contributed by atoms with Gasteiger partial charge in [-0.25, -0.2) is 4.79 Å². The number of amides is 2. The van der Waals surface area contributed by atoms with Crippen LogP contribution in [-0.2, 0) is 20.8 Å². The van der Waals surface area contributed by atoms with E-state index in [1.54, 1.807) is 42.2 Å². The van der Waals surface area contributed by atoms with Crippen molar-refractivity contribution in [2.45, 2.75) is 30.3 Å². The van der Waals surface area contributed by atoms with Gasteiger partial charge in [0, 0.05) is 11.5 Å². The van der Waals surface area contributed by atoms with E-state index in [1.807, 2.05) is 6.07 Å². The Kier molecular flexibility index (Phi) is 7.36. The lowest BCUT2D eigenvalue weighted by Crippen LogP contribution is -2.71. The fraction of sp³-hybridized carbons (Fsp3) is 0.381. The molecule has 3 atom stereocenters. The molecule has 1 fully saturated rings. The number of aromatic nitrogens is 3. The van der Waals surface area contributed by atoms with Crippen molar-refractivity contribution in [2.24, 2.45) is 5.73 Å². The van der Waals surface area contributed by atoms with Gasteiger partial charge in [-0.05, 0) is 29.7 Å². The fourth-order valence-electron chi connectivity index (χ4n) is 3.75. The number of fused-ring (bicyclic) bond motifs is 1. The Hall–Kier alpha value is -2.83. The number of carboxylic acids is 1. The summed E-state index contributed by atoms with van der Waals surface area (Å²) < 4.78 is 0. The molecule has 1 saturated heterocycles. The number of H-pyrrole nitrogens is 1. The molecular formula is C21H24N6O4S2. The maximum Gasteiger partial charge on any atom is 0.352 e. The second-order valence-electron chi connectivity index (χ2n) is 7.66. The summed E-state index contributed by atoms with van der Waals surface area (Å²) in [6.07, 6.45) is 3.37. The van der Waals surface area contributed by atoms with E-state index in [4.69, 9.17) is 5.73 Å². The summed E-state index contributed by atoms with van der Waals surface area (Å²) in [6, 6.07) is 7.20. The van der Waals surface area contributed by atoms with E-state index in [-0.39, 0.29) is 5.70 Å². The summed E-state index contributed by atoms with van der Waals surface area (Å²) in [5, 5.41) is 22.4. The van der Waals surface area contributed by atoms with Crippen LogP contribution in [-0.4, -0.2) is 71.9 Å². The zero-order valence-corrected chi connectivity index (χ0v) is 19.3. The van der Waals surface area contributed by atoms with E-state index < -0.39 is 35.2 Å². The highest BCUT2D eigenvalue weighted by Gasteiger charge is 2.54. The van der Waals surface area contributed by atoms with Crippen LogP contribution in [0.15, 0.2) is 47.8 Å². The molecule has 0 spiro atoms. The van der Waals surface area contributed by atoms with Gasteiger partial charge in [0.1, 0.15) is 23.2 Å². The number of hydrogen-bond donors (Lipinski definition) is 4. The lowest BCUT2D eigenvalue weighted by atomic mass is 10.0. The number of nitrogens with two attached hydrogens (primary N) is 1. The quantitative estimate of drug-likeness (QED) is 0.282. The summed E-state index contributed by atoms with van der Waals surface area (Å²) in [5.74, 6) is -0.163. The van der Waals surface area contributed by atoms with Crippen LogP contribution in [0.3, 0.4) is 0 Å². The molecule has 2 aliphatic heterocycles. The molecule has 2 amide bonds. The summed E-state index contributed by atoms with van der Waals surface area (Å²) in [4.78, 5) is 38.6. The smallest absolute Gasteiger partial charge is 0.352 e. The van der Waals surface area contributed by atoms with Crippen molar-refractivity contribution in [1.29, 1.82) is 0 Å². The number of thioether (sulfide) groups is 2. The van der Waals surface area contributed by atoms with E-state index in [0.717, 1.165) is 24.3 Å². The standard InChI is InChI=1S/C21H24N6O4S2/c22-15(12-5-2-1-3-6-12)18(28)24-16-19(29)27-17(21(30)31)13(11-33-20(16)27)10-32-8-4-7-14-9-23-26-25-14/h1-3,5-6,9,15-16,20H,4,7-8,10-11,22H2,(H,24,28)(H,30,31)(H,23,25,26)/t15-,16-,20-/m1/s1. The predicted molar refractivity (Wildman–Crippen MR) is 125 cm³/mol. The van der Waals surface area contributed by atoms with Crippen LogP contribution in [0.25, 0.3) is 0 Å². The van der Waals surface area contributed by atoms with Gasteiger partial charge in [0.2, 0.25) is 5.91 Å². The Morgan fingerprint density at radius 3 is 2.85 bits per heavy atom. The average Bonchev–Trinajstić information content (AvgIpc) is 3.35. The van der Waals surface area contributed by atoms with Gasteiger partial charge in [-0.2, -0.15) is 27.2 Å². The second-order valence-corrected chi connectivity index (χ2v) is 9.87. The van der Waals surface area contributed by atoms with E-state index >= 15 is 0 Å². The molecule has 1 aromatic heterocycles. The molecule has 10 nitrogen and oxygen atoms in total. The number of carboxylic acid groups (broad SMARTS) is 1. The van der Waals surface area contributed by atoms with Crippen molar-refractivity contribution in [3.05, 3.63) is 59.1 Å². The number of aromatic amines is 1. The minimum Gasteiger partial charge on any atom is -0.477 e. The molecule has 12 heteroatoms. The topological polar surface area (TPSA) is 154 Å². The number of aryl methyl sites for hydroxylation is 1. The molecule has 4 rings (SSSR count). The van der Waals surface area contributed by atoms with E-state index in [0.29, 0.717) is 22.6 Å². The van der Waals surface area contributed by atoms with Gasteiger partial charge >= 0.3 is 5.97 Å². The monoisotopic (exact) mass is 488 g/mol. The van der Waals surface area contributed by atoms with Crippen LogP contribution in [0.1, 0.15) is 23.7 Å². The lowest BCUT2D eigenvalue weighted by molar-refractivity contribution is -0.150. The van der Waals surface area contributed by atoms with Gasteiger partial charge in [-0.1, -0.05) is 30.3 Å². The highest BCUT2D eigenvalue weighted by atomic mass is 32.2. The van der Waals surface area contributed by atoms with E-state index in [1.165, 1.54) is 16.7 Å². The Balaban J connectivity index is 1.34. The van der Waals surface area contributed by atoms with E-state index in [2.05, 4.69) is 20.7 Å². The van der Waals surface area contributed by atoms with Gasteiger partial charge in [-0.3, -0.25) is 14.5 Å². The molecule has 3 heterocycles. The molecule has 5 N–H and O–H groups in total. The minimum atomic E-state index is -1.13. The minimum absolute atomic E-state index is 0.0330. The first-order chi connectivity index (χ1) is 16.0. The van der Waals surface area contributed by atoms with E-state index in [9.17, 15) is 19.5 Å². The molecule has 0 unspecified atom stereocenters. The van der Waals surface area contributed by atoms with Crippen LogP contribution in [0.5, 0.6) is 0 Å². The Morgan fingerprint density at radius 1 is 1.36 bits per heavy atom. The van der Waals surface area contributed by atoms with Crippen molar-refractivity contribution in [2.75, 3.05) is 17.3 Å². The molecule has 1 aromatic carbocycles. The second kappa shape index (κ2) is 10.4. The summed E-state index contributed by atoms with van der Waals surface area (Å²) in [6.45, 7) is 0. The molecule has 0 radical (unpaired) electrons. The SMILES string of the molecule is N[C@@H](C(=O)N[C@@H]1C(=O)N2C(C(=O)O)=C(CSCCCc3cn[nH]n3)CS[C@H]12)c1ccccc1. The van der Waals surface area contributed by atoms with Gasteiger partial charge in [0.15, 0.2) is 0 Å². The summed E-state index contributed by atoms with van der Waals surface area (Å²) >= 11 is 3.09. The third-order valence-electron chi connectivity index (χ3n) is 5.45. The van der Waals surface area contributed by atoms with Crippen LogP contribution >= 0.6 is 23.5 Å². The van der Waals surface area contributed by atoms with Crippen LogP contribution in [0.4, 0.5) is 0 Å². The first-order valence-corrected chi connectivity index (χ1v) is 12.6. The maximum absolute atomic E-state index is 12.8. The number of β-lactam (4-membered cyclic amide) rings is 1. The summed E-state index contributed by atoms with van der Waals surface area (Å²) in [7, 11) is 0. The van der Waals surface area contributed by atoms with Crippen molar-refractivity contribution < 1.29 is 19.5 Å². The molecule has 174 valence electrons. The zero-order chi connectivity index (χ0) is 23.4. The number of carbonyl (C=O) groups is 3. The first kappa shape index (κ1) is 23.3. The molecule has 2 aromatic rings. The Morgan fingerprint density at radius 2 is 2.15 bits per heavy atom. The van der Waals surface area contributed by atoms with Crippen LogP contribution in [0, 0.1) is 0 Å². The number of rotatable bonds is 10. The number of carbonyl (C=O) groups excluding carboxylic acids is 2. The largest absolute Gasteiger partial charge is 0.477 e. The van der Waals surface area contributed by atoms with Gasteiger partial charge in [-0.15, -0.1) is 11.8 Å². The number of hydrogen-bond acceptors (Lipinski definition) is 8. The number of nitrogens with zero attached hydrogens (tertiary/aromatic N) is 3. The third-order valence-corrected chi connectivity index (χ3v) is 7.92. The van der Waals surface area contributed by atoms with Crippen molar-refractivity contribution in [1.82, 2.24) is 25.6 Å². The van der Waals surface area contributed by atoms with Crippen molar-refractivity contribution in [3.63, 3.8) is 0 Å². The van der Waals surface area contributed by atoms with Crippen LogP contribution < -0.4 is 11.1 Å². The normalized spacial score (nSPS) is 20.8. The molecule has 0 bridgehead atoms. The molecular weight excluding hydrogens is 464 g/mol. The predicted octanol–water partition coefficient (Wildman–Crippen LogP) is 0.909. The molecule has 2 aliphatic rings. The highest BCUT2D eigenvalue weighted by Crippen LogP contribution is 2.41. The van der Waals surface area contributed by atoms with Gasteiger partial charge in [0.05, 0.1) is 11.9 Å². The third kappa shape index (κ3) is 5.07. The molecule has 0 saturated carbocycles. The zero-order valence-electron chi connectivity index (χ0n) is 17.6. The molecule has 33 heavy (non-hydrogen) atoms. The maximum atomic E-state index is 12.8. The first-order valence-electron chi connectivity index (χ1n) is 10.4. The van der Waals surface area contributed by atoms with Gasteiger partial charge in [0.25, 0.3) is 5.91 Å². The number of benzene rings is 1. The Bertz CT molecular complexity index is 1050. The lowest BCUT2D eigenvalue weighted by Gasteiger charge is -2.49. The highest BCUT2D eigenvalue weighted by molar-refractivity contribution is 8.01. The number of aliphatic carboxylic acids is 1. The van der Waals surface area contributed by atoms with Crippen molar-refractivity contribution >= 4 is 41.3 Å². The van der Waals surface area contributed by atoms with Crippen LogP contribution in [0.2, 0.25) is 0 Å². The molecule has 0 aliphatic carbocycles. The van der Waals surface area contributed by atoms with Crippen molar-refractivity contribution in [3.8, 4) is 0 Å². The van der Waals surface area contributed by atoms with Gasteiger partial charge < -0.3 is 16.2 Å².